The third-order valence-electron chi connectivity index (χ3n) is 3.99. The molecule has 0 spiro atoms. The van der Waals surface area contributed by atoms with Crippen molar-refractivity contribution in [3.8, 4) is 11.3 Å². The molecule has 0 amide bonds. The molecule has 0 aliphatic heterocycles. The zero-order chi connectivity index (χ0) is 15.7. The molecule has 1 aliphatic carbocycles. The lowest BCUT2D eigenvalue weighted by Gasteiger charge is -2.26. The number of nitrogens with zero attached hydrogens (tertiary/aromatic N) is 1. The molecule has 0 unspecified atom stereocenters. The number of rotatable bonds is 3. The summed E-state index contributed by atoms with van der Waals surface area (Å²) in [6.45, 7) is 0. The van der Waals surface area contributed by atoms with E-state index in [1.807, 2.05) is 12.1 Å². The molecule has 6 heteroatoms. The molecule has 0 N–H and O–H groups in total. The van der Waals surface area contributed by atoms with Crippen LogP contribution in [-0.4, -0.2) is 25.3 Å². The predicted molar refractivity (Wildman–Crippen MR) is 80.5 cm³/mol. The summed E-state index contributed by atoms with van der Waals surface area (Å²) in [4.78, 5) is 11.8. The molecule has 1 aromatic carbocycles. The van der Waals surface area contributed by atoms with Crippen LogP contribution in [0.1, 0.15) is 23.8 Å². The largest absolute Gasteiger partial charge is 0.469 e. The molecule has 116 valence electrons. The summed E-state index contributed by atoms with van der Waals surface area (Å²) >= 11 is 5.92. The molecular formula is C16H16ClNO4. The Morgan fingerprint density at radius 2 is 2.05 bits per heavy atom. The summed E-state index contributed by atoms with van der Waals surface area (Å²) in [5.74, 6) is 0.157. The second-order valence-corrected chi connectivity index (χ2v) is 5.70. The monoisotopic (exact) mass is 321 g/mol. The van der Waals surface area contributed by atoms with E-state index in [4.69, 9.17) is 25.6 Å². The molecule has 2 aromatic rings. The minimum absolute atomic E-state index is 0.246. The Morgan fingerprint density at radius 3 is 2.68 bits per heavy atom. The summed E-state index contributed by atoms with van der Waals surface area (Å²) < 4.78 is 15.8. The molecule has 1 aliphatic rings. The molecule has 2 atom stereocenters. The quantitative estimate of drug-likeness (QED) is 0.811. The number of fused-ring (bicyclic) bond motifs is 1. The number of benzene rings is 1. The van der Waals surface area contributed by atoms with Gasteiger partial charge in [-0.2, -0.15) is 0 Å². The standard InChI is InChI=1S/C16H16ClNO4/c1-20-12-7-10(16(19)21-2)8-13-14(12)15(18-22-13)9-3-5-11(17)6-4-9/h3-6,10,12H,7-8H2,1-2H3/t10-,12-/m1/s1. The Hall–Kier alpha value is -1.85. The van der Waals surface area contributed by atoms with Gasteiger partial charge in [0.2, 0.25) is 0 Å². The number of halogens is 1. The van der Waals surface area contributed by atoms with E-state index >= 15 is 0 Å². The van der Waals surface area contributed by atoms with Gasteiger partial charge in [0.25, 0.3) is 0 Å². The molecule has 22 heavy (non-hydrogen) atoms. The fourth-order valence-electron chi connectivity index (χ4n) is 2.87. The van der Waals surface area contributed by atoms with Gasteiger partial charge in [-0.15, -0.1) is 0 Å². The van der Waals surface area contributed by atoms with Crippen molar-refractivity contribution in [2.75, 3.05) is 14.2 Å². The number of hydrogen-bond acceptors (Lipinski definition) is 5. The van der Waals surface area contributed by atoms with Gasteiger partial charge in [0.15, 0.2) is 0 Å². The van der Waals surface area contributed by atoms with Gasteiger partial charge < -0.3 is 14.0 Å². The van der Waals surface area contributed by atoms with Gasteiger partial charge in [-0.3, -0.25) is 4.79 Å². The lowest BCUT2D eigenvalue weighted by atomic mass is 9.84. The van der Waals surface area contributed by atoms with Crippen LogP contribution >= 0.6 is 11.6 Å². The Balaban J connectivity index is 1.99. The van der Waals surface area contributed by atoms with Gasteiger partial charge in [-0.05, 0) is 18.6 Å². The minimum Gasteiger partial charge on any atom is -0.469 e. The summed E-state index contributed by atoms with van der Waals surface area (Å²) in [6.07, 6.45) is 0.783. The highest BCUT2D eigenvalue weighted by Gasteiger charge is 2.37. The molecule has 0 saturated heterocycles. The molecule has 0 fully saturated rings. The van der Waals surface area contributed by atoms with Crippen molar-refractivity contribution in [2.24, 2.45) is 5.92 Å². The second kappa shape index (κ2) is 6.10. The highest BCUT2D eigenvalue weighted by atomic mass is 35.5. The van der Waals surface area contributed by atoms with Crippen molar-refractivity contribution in [3.05, 3.63) is 40.6 Å². The van der Waals surface area contributed by atoms with Gasteiger partial charge >= 0.3 is 5.97 Å². The van der Waals surface area contributed by atoms with E-state index in [0.29, 0.717) is 23.6 Å². The normalized spacial score (nSPS) is 20.5. The SMILES string of the molecule is COC(=O)[C@H]1Cc2onc(-c3ccc(Cl)cc3)c2[C@H](OC)C1. The zero-order valence-corrected chi connectivity index (χ0v) is 13.1. The third-order valence-corrected chi connectivity index (χ3v) is 4.24. The maximum absolute atomic E-state index is 11.8. The molecule has 1 heterocycles. The van der Waals surface area contributed by atoms with Crippen LogP contribution in [0.3, 0.4) is 0 Å². The Kier molecular flexibility index (Phi) is 4.18. The lowest BCUT2D eigenvalue weighted by molar-refractivity contribution is -0.147. The fourth-order valence-corrected chi connectivity index (χ4v) is 3.00. The minimum atomic E-state index is -0.270. The van der Waals surface area contributed by atoms with Crippen LogP contribution in [-0.2, 0) is 20.7 Å². The first-order valence-corrected chi connectivity index (χ1v) is 7.36. The van der Waals surface area contributed by atoms with Crippen LogP contribution in [0.25, 0.3) is 11.3 Å². The summed E-state index contributed by atoms with van der Waals surface area (Å²) in [7, 11) is 3.01. The van der Waals surface area contributed by atoms with Gasteiger partial charge in [-0.25, -0.2) is 0 Å². The van der Waals surface area contributed by atoms with E-state index in [1.165, 1.54) is 7.11 Å². The maximum Gasteiger partial charge on any atom is 0.309 e. The van der Waals surface area contributed by atoms with Crippen molar-refractivity contribution in [1.82, 2.24) is 5.16 Å². The fraction of sp³-hybridized carbons (Fsp3) is 0.375. The average Bonchev–Trinajstić information content (AvgIpc) is 2.98. The van der Waals surface area contributed by atoms with Crippen LogP contribution in [0, 0.1) is 5.92 Å². The molecular weight excluding hydrogens is 306 g/mol. The van der Waals surface area contributed by atoms with Crippen molar-refractivity contribution in [2.45, 2.75) is 18.9 Å². The first-order valence-electron chi connectivity index (χ1n) is 6.99. The van der Waals surface area contributed by atoms with Gasteiger partial charge in [-0.1, -0.05) is 28.9 Å². The number of ether oxygens (including phenoxy) is 2. The number of methoxy groups -OCH3 is 2. The maximum atomic E-state index is 11.8. The molecule has 0 saturated carbocycles. The van der Waals surface area contributed by atoms with Crippen molar-refractivity contribution < 1.29 is 18.8 Å². The molecule has 3 rings (SSSR count). The highest BCUT2D eigenvalue weighted by molar-refractivity contribution is 6.30. The topological polar surface area (TPSA) is 61.6 Å². The number of carbonyl (C=O) groups is 1. The smallest absolute Gasteiger partial charge is 0.309 e. The van der Waals surface area contributed by atoms with Crippen molar-refractivity contribution in [1.29, 1.82) is 0 Å². The first-order chi connectivity index (χ1) is 10.6. The van der Waals surface area contributed by atoms with E-state index in [-0.39, 0.29) is 18.0 Å². The molecule has 5 nitrogen and oxygen atoms in total. The lowest BCUT2D eigenvalue weighted by Crippen LogP contribution is -2.26. The first kappa shape index (κ1) is 15.1. The summed E-state index contributed by atoms with van der Waals surface area (Å²) in [5.41, 5.74) is 2.56. The summed E-state index contributed by atoms with van der Waals surface area (Å²) in [6, 6.07) is 7.39. The van der Waals surface area contributed by atoms with Crippen LogP contribution in [0.15, 0.2) is 28.8 Å². The van der Waals surface area contributed by atoms with E-state index in [9.17, 15) is 4.79 Å². The van der Waals surface area contributed by atoms with Crippen molar-refractivity contribution >= 4 is 17.6 Å². The molecule has 1 aromatic heterocycles. The van der Waals surface area contributed by atoms with Gasteiger partial charge in [0, 0.05) is 24.1 Å². The van der Waals surface area contributed by atoms with Crippen LogP contribution in [0.2, 0.25) is 5.02 Å². The zero-order valence-electron chi connectivity index (χ0n) is 12.3. The molecule has 0 bridgehead atoms. The highest BCUT2D eigenvalue weighted by Crippen LogP contribution is 2.41. The van der Waals surface area contributed by atoms with Gasteiger partial charge in [0.05, 0.1) is 24.7 Å². The Morgan fingerprint density at radius 1 is 1.32 bits per heavy atom. The van der Waals surface area contributed by atoms with E-state index < -0.39 is 0 Å². The number of hydrogen-bond donors (Lipinski definition) is 0. The van der Waals surface area contributed by atoms with Crippen LogP contribution < -0.4 is 0 Å². The Bertz CT molecular complexity index is 680. The van der Waals surface area contributed by atoms with E-state index in [0.717, 1.165) is 16.8 Å². The molecule has 0 radical (unpaired) electrons. The number of esters is 1. The third kappa shape index (κ3) is 2.62. The van der Waals surface area contributed by atoms with Crippen LogP contribution in [0.4, 0.5) is 0 Å². The van der Waals surface area contributed by atoms with Crippen LogP contribution in [0.5, 0.6) is 0 Å². The van der Waals surface area contributed by atoms with E-state index in [1.54, 1.807) is 19.2 Å². The number of aromatic nitrogens is 1. The van der Waals surface area contributed by atoms with Gasteiger partial charge in [0.1, 0.15) is 11.5 Å². The number of carbonyl (C=O) groups excluding carboxylic acids is 1. The predicted octanol–water partition coefficient (Wildman–Crippen LogP) is 3.42. The van der Waals surface area contributed by atoms with Crippen molar-refractivity contribution in [3.63, 3.8) is 0 Å². The second-order valence-electron chi connectivity index (χ2n) is 5.26. The van der Waals surface area contributed by atoms with E-state index in [2.05, 4.69) is 5.16 Å². The Labute approximate surface area is 133 Å². The average molecular weight is 322 g/mol. The summed E-state index contributed by atoms with van der Waals surface area (Å²) in [5, 5.41) is 4.83.